The molecule has 2 saturated carbocycles. The average Bonchev–Trinajstić information content (AvgIpc) is 2.70. The van der Waals surface area contributed by atoms with Gasteiger partial charge in [-0.3, -0.25) is 0 Å². The van der Waals surface area contributed by atoms with E-state index in [-0.39, 0.29) is 30.2 Å². The second kappa shape index (κ2) is 5.00. The van der Waals surface area contributed by atoms with Crippen LogP contribution in [0.2, 0.25) is 0 Å². The molecule has 1 saturated heterocycles. The van der Waals surface area contributed by atoms with E-state index in [1.165, 1.54) is 12.8 Å². The molecule has 1 aliphatic heterocycles. The van der Waals surface area contributed by atoms with Crippen molar-refractivity contribution in [2.45, 2.75) is 44.4 Å². The summed E-state index contributed by atoms with van der Waals surface area (Å²) in [6, 6.07) is 0. The minimum atomic E-state index is -2.33. The molecule has 17 heavy (non-hydrogen) atoms. The molecule has 3 aliphatic rings. The van der Waals surface area contributed by atoms with Crippen molar-refractivity contribution >= 4 is 12.4 Å². The Balaban J connectivity index is 0.00000108. The maximum atomic E-state index is 13.9. The molecule has 3 unspecified atom stereocenters. The normalized spacial score (nSPS) is 40.9. The van der Waals surface area contributed by atoms with Crippen LogP contribution >= 0.6 is 12.4 Å². The van der Waals surface area contributed by atoms with Crippen molar-refractivity contribution in [3.8, 4) is 0 Å². The van der Waals surface area contributed by atoms with Crippen molar-refractivity contribution in [3.05, 3.63) is 0 Å². The highest BCUT2D eigenvalue weighted by Crippen LogP contribution is 2.65. The summed E-state index contributed by atoms with van der Waals surface area (Å²) in [7, 11) is 0. The summed E-state index contributed by atoms with van der Waals surface area (Å²) >= 11 is 0. The molecular weight excluding hydrogens is 244 g/mol. The Morgan fingerprint density at radius 3 is 2.06 bits per heavy atom. The Kier molecular flexibility index (Phi) is 3.99. The molecule has 3 atom stereocenters. The molecule has 2 aliphatic carbocycles. The predicted molar refractivity (Wildman–Crippen MR) is 66.7 cm³/mol. The van der Waals surface area contributed by atoms with Gasteiger partial charge < -0.3 is 5.32 Å². The van der Waals surface area contributed by atoms with Crippen LogP contribution in [-0.2, 0) is 0 Å². The molecule has 0 bridgehead atoms. The molecule has 0 radical (unpaired) electrons. The fraction of sp³-hybridized carbons (Fsp3) is 1.00. The van der Waals surface area contributed by atoms with Crippen LogP contribution in [-0.4, -0.2) is 19.0 Å². The van der Waals surface area contributed by atoms with Gasteiger partial charge in [-0.2, -0.15) is 0 Å². The van der Waals surface area contributed by atoms with E-state index in [4.69, 9.17) is 0 Å². The van der Waals surface area contributed by atoms with Crippen molar-refractivity contribution in [2.75, 3.05) is 13.1 Å². The van der Waals surface area contributed by atoms with E-state index in [0.29, 0.717) is 5.92 Å². The number of nitrogens with one attached hydrogen (secondary N) is 1. The molecule has 3 rings (SSSR count). The van der Waals surface area contributed by atoms with Gasteiger partial charge >= 0.3 is 0 Å². The Bertz CT molecular complexity index is 260. The van der Waals surface area contributed by atoms with Gasteiger partial charge in [-0.15, -0.1) is 12.4 Å². The molecule has 0 aromatic rings. The lowest BCUT2D eigenvalue weighted by Crippen LogP contribution is -2.32. The molecule has 0 spiro atoms. The Hall–Kier alpha value is 0.110. The van der Waals surface area contributed by atoms with Gasteiger partial charge in [-0.25, -0.2) is 8.78 Å². The molecule has 3 fully saturated rings. The van der Waals surface area contributed by atoms with Gasteiger partial charge in [0.15, 0.2) is 0 Å². The summed E-state index contributed by atoms with van der Waals surface area (Å²) in [5, 5.41) is 3.27. The first-order valence-electron chi connectivity index (χ1n) is 6.80. The molecule has 0 amide bonds. The SMILES string of the molecule is Cl.FC1(F)C(C2CCCC2)C1C1CCCNC1. The third kappa shape index (κ3) is 2.33. The van der Waals surface area contributed by atoms with Crippen LogP contribution in [0, 0.1) is 23.7 Å². The van der Waals surface area contributed by atoms with Gasteiger partial charge in [0.1, 0.15) is 0 Å². The summed E-state index contributed by atoms with van der Waals surface area (Å²) in [5.41, 5.74) is 0. The van der Waals surface area contributed by atoms with Crippen LogP contribution in [0.4, 0.5) is 8.78 Å². The molecule has 100 valence electrons. The quantitative estimate of drug-likeness (QED) is 0.806. The van der Waals surface area contributed by atoms with Crippen molar-refractivity contribution in [1.82, 2.24) is 5.32 Å². The van der Waals surface area contributed by atoms with Gasteiger partial charge in [-0.05, 0) is 50.6 Å². The van der Waals surface area contributed by atoms with Crippen LogP contribution < -0.4 is 5.32 Å². The lowest BCUT2D eigenvalue weighted by atomic mass is 9.90. The Morgan fingerprint density at radius 2 is 1.47 bits per heavy atom. The second-order valence-electron chi connectivity index (χ2n) is 5.88. The van der Waals surface area contributed by atoms with Gasteiger partial charge in [0.25, 0.3) is 5.92 Å². The molecule has 1 nitrogen and oxygen atoms in total. The van der Waals surface area contributed by atoms with E-state index in [2.05, 4.69) is 5.32 Å². The van der Waals surface area contributed by atoms with Gasteiger partial charge in [0.2, 0.25) is 0 Å². The largest absolute Gasteiger partial charge is 0.316 e. The lowest BCUT2D eigenvalue weighted by molar-refractivity contribution is 0.0635. The van der Waals surface area contributed by atoms with Crippen LogP contribution in [0.5, 0.6) is 0 Å². The maximum absolute atomic E-state index is 13.9. The summed E-state index contributed by atoms with van der Waals surface area (Å²) < 4.78 is 27.7. The maximum Gasteiger partial charge on any atom is 0.255 e. The minimum absolute atomic E-state index is 0. The predicted octanol–water partition coefficient (Wildman–Crippen LogP) is 3.48. The summed E-state index contributed by atoms with van der Waals surface area (Å²) in [5.74, 6) is -2.31. The van der Waals surface area contributed by atoms with E-state index in [0.717, 1.165) is 38.8 Å². The van der Waals surface area contributed by atoms with Crippen molar-refractivity contribution in [3.63, 3.8) is 0 Å². The van der Waals surface area contributed by atoms with Crippen LogP contribution in [0.3, 0.4) is 0 Å². The highest BCUT2D eigenvalue weighted by atomic mass is 35.5. The standard InChI is InChI=1S/C13H21F2N.ClH/c14-13(15)11(9-4-1-2-5-9)12(13)10-6-3-7-16-8-10;/h9-12,16H,1-8H2;1H. The summed E-state index contributed by atoms with van der Waals surface area (Å²) in [4.78, 5) is 0. The molecule has 0 aromatic carbocycles. The fourth-order valence-electron chi connectivity index (χ4n) is 4.09. The number of hydrogen-bond donors (Lipinski definition) is 1. The van der Waals surface area contributed by atoms with E-state index in [9.17, 15) is 8.78 Å². The first-order valence-corrected chi connectivity index (χ1v) is 6.80. The number of halogens is 3. The summed E-state index contributed by atoms with van der Waals surface area (Å²) in [6.45, 7) is 1.84. The second-order valence-corrected chi connectivity index (χ2v) is 5.88. The topological polar surface area (TPSA) is 12.0 Å². The number of alkyl halides is 2. The third-order valence-corrected chi connectivity index (χ3v) is 4.92. The minimum Gasteiger partial charge on any atom is -0.316 e. The Morgan fingerprint density at radius 1 is 0.882 bits per heavy atom. The van der Waals surface area contributed by atoms with Crippen LogP contribution in [0.15, 0.2) is 0 Å². The zero-order chi connectivity index (χ0) is 11.2. The zero-order valence-corrected chi connectivity index (χ0v) is 10.9. The van der Waals surface area contributed by atoms with E-state index < -0.39 is 5.92 Å². The highest BCUT2D eigenvalue weighted by Gasteiger charge is 2.72. The van der Waals surface area contributed by atoms with E-state index in [1.54, 1.807) is 0 Å². The average molecular weight is 266 g/mol. The van der Waals surface area contributed by atoms with Crippen molar-refractivity contribution in [1.29, 1.82) is 0 Å². The van der Waals surface area contributed by atoms with Crippen molar-refractivity contribution < 1.29 is 8.78 Å². The highest BCUT2D eigenvalue weighted by molar-refractivity contribution is 5.85. The first kappa shape index (κ1) is 13.5. The van der Waals surface area contributed by atoms with E-state index in [1.807, 2.05) is 0 Å². The fourth-order valence-corrected chi connectivity index (χ4v) is 4.09. The summed E-state index contributed by atoms with van der Waals surface area (Å²) in [6.07, 6.45) is 6.54. The first-order chi connectivity index (χ1) is 7.71. The Labute approximate surface area is 108 Å². The van der Waals surface area contributed by atoms with Crippen LogP contribution in [0.1, 0.15) is 38.5 Å². The van der Waals surface area contributed by atoms with Crippen LogP contribution in [0.25, 0.3) is 0 Å². The zero-order valence-electron chi connectivity index (χ0n) is 10.1. The van der Waals surface area contributed by atoms with Gasteiger partial charge in [0, 0.05) is 11.8 Å². The van der Waals surface area contributed by atoms with E-state index >= 15 is 0 Å². The molecule has 1 heterocycles. The smallest absolute Gasteiger partial charge is 0.255 e. The number of hydrogen-bond acceptors (Lipinski definition) is 1. The molecule has 0 aromatic heterocycles. The molecule has 1 N–H and O–H groups in total. The third-order valence-electron chi connectivity index (χ3n) is 4.92. The van der Waals surface area contributed by atoms with Crippen molar-refractivity contribution in [2.24, 2.45) is 23.7 Å². The molecule has 4 heteroatoms. The monoisotopic (exact) mass is 265 g/mol. The number of piperidine rings is 1. The van der Waals surface area contributed by atoms with Gasteiger partial charge in [0.05, 0.1) is 0 Å². The number of rotatable bonds is 2. The van der Waals surface area contributed by atoms with Gasteiger partial charge in [-0.1, -0.05) is 12.8 Å². The molecular formula is C13H22ClF2N. The lowest BCUT2D eigenvalue weighted by Gasteiger charge is -2.23.